The van der Waals surface area contributed by atoms with Crippen LogP contribution >= 0.6 is 23.2 Å². The highest BCUT2D eigenvalue weighted by atomic mass is 35.5. The Morgan fingerprint density at radius 1 is 1.10 bits per heavy atom. The predicted molar refractivity (Wildman–Crippen MR) is 117 cm³/mol. The van der Waals surface area contributed by atoms with Gasteiger partial charge >= 0.3 is 0 Å². The van der Waals surface area contributed by atoms with Crippen LogP contribution in [0.25, 0.3) is 0 Å². The summed E-state index contributed by atoms with van der Waals surface area (Å²) in [6.45, 7) is 4.45. The number of amides is 2. The number of hydrogen-bond acceptors (Lipinski definition) is 4. The molecule has 2 N–H and O–H groups in total. The number of hydrogen-bond donors (Lipinski definition) is 2. The van der Waals surface area contributed by atoms with E-state index in [1.54, 1.807) is 42.3 Å². The third kappa shape index (κ3) is 6.92. The van der Waals surface area contributed by atoms with Gasteiger partial charge in [-0.2, -0.15) is 0 Å². The Hall–Kier alpha value is -2.28. The summed E-state index contributed by atoms with van der Waals surface area (Å²) < 4.78 is 5.23. The zero-order valence-electron chi connectivity index (χ0n) is 16.7. The number of anilines is 1. The van der Waals surface area contributed by atoms with Gasteiger partial charge in [-0.3, -0.25) is 14.5 Å². The average molecular weight is 438 g/mol. The Morgan fingerprint density at radius 2 is 1.79 bits per heavy atom. The minimum atomic E-state index is -0.284. The molecule has 8 heteroatoms. The van der Waals surface area contributed by atoms with Crippen LogP contribution in [0.5, 0.6) is 5.75 Å². The number of para-hydroxylation sites is 2. The van der Waals surface area contributed by atoms with Crippen molar-refractivity contribution in [2.24, 2.45) is 0 Å². The van der Waals surface area contributed by atoms with Crippen molar-refractivity contribution in [2.75, 3.05) is 32.1 Å². The molecule has 1 atom stereocenters. The summed E-state index contributed by atoms with van der Waals surface area (Å²) >= 11 is 12.1. The van der Waals surface area contributed by atoms with Crippen molar-refractivity contribution in [3.05, 3.63) is 58.1 Å². The molecule has 0 saturated heterocycles. The Balaban J connectivity index is 1.91. The molecule has 0 saturated carbocycles. The van der Waals surface area contributed by atoms with E-state index in [1.165, 1.54) is 0 Å². The molecule has 0 aliphatic heterocycles. The normalized spacial score (nSPS) is 11.8. The van der Waals surface area contributed by atoms with Crippen molar-refractivity contribution in [3.8, 4) is 5.75 Å². The summed E-state index contributed by atoms with van der Waals surface area (Å²) in [7, 11) is 1.54. The fourth-order valence-corrected chi connectivity index (χ4v) is 3.41. The van der Waals surface area contributed by atoms with Gasteiger partial charge in [-0.05, 0) is 43.3 Å². The number of carbonyl (C=O) groups is 2. The van der Waals surface area contributed by atoms with Crippen LogP contribution in [0, 0.1) is 0 Å². The predicted octanol–water partition coefficient (Wildman–Crippen LogP) is 4.14. The molecule has 0 radical (unpaired) electrons. The van der Waals surface area contributed by atoms with Crippen LogP contribution in [0.15, 0.2) is 42.5 Å². The zero-order chi connectivity index (χ0) is 21.4. The van der Waals surface area contributed by atoms with Gasteiger partial charge in [0.15, 0.2) is 0 Å². The second kappa shape index (κ2) is 11.0. The van der Waals surface area contributed by atoms with Crippen molar-refractivity contribution >= 4 is 40.7 Å². The van der Waals surface area contributed by atoms with Crippen molar-refractivity contribution in [1.82, 2.24) is 10.2 Å². The number of benzene rings is 2. The second-order valence-corrected chi connectivity index (χ2v) is 7.35. The molecule has 6 nitrogen and oxygen atoms in total. The van der Waals surface area contributed by atoms with E-state index in [0.717, 1.165) is 5.56 Å². The minimum absolute atomic E-state index is 0.0814. The lowest BCUT2D eigenvalue weighted by atomic mass is 10.1. The molecule has 2 aromatic rings. The lowest BCUT2D eigenvalue weighted by Gasteiger charge is -2.22. The first-order chi connectivity index (χ1) is 13.8. The Morgan fingerprint density at radius 3 is 2.45 bits per heavy atom. The molecule has 1 unspecified atom stereocenters. The largest absolute Gasteiger partial charge is 0.495 e. The second-order valence-electron chi connectivity index (χ2n) is 6.51. The van der Waals surface area contributed by atoms with Gasteiger partial charge in [-0.15, -0.1) is 0 Å². The highest BCUT2D eigenvalue weighted by molar-refractivity contribution is 6.35. The van der Waals surface area contributed by atoms with Crippen LogP contribution in [0.1, 0.15) is 25.5 Å². The van der Waals surface area contributed by atoms with E-state index < -0.39 is 0 Å². The van der Waals surface area contributed by atoms with E-state index in [9.17, 15) is 9.59 Å². The van der Waals surface area contributed by atoms with Gasteiger partial charge in [0.1, 0.15) is 5.75 Å². The maximum atomic E-state index is 12.4. The van der Waals surface area contributed by atoms with Crippen LogP contribution in [0.4, 0.5) is 5.69 Å². The monoisotopic (exact) mass is 437 g/mol. The maximum Gasteiger partial charge on any atom is 0.238 e. The van der Waals surface area contributed by atoms with Crippen LogP contribution in [0.2, 0.25) is 10.0 Å². The number of rotatable bonds is 9. The molecule has 0 aliphatic rings. The lowest BCUT2D eigenvalue weighted by Crippen LogP contribution is -2.41. The Bertz CT molecular complexity index is 861. The first-order valence-corrected chi connectivity index (χ1v) is 9.99. The van der Waals surface area contributed by atoms with Crippen LogP contribution in [-0.4, -0.2) is 43.5 Å². The third-order valence-electron chi connectivity index (χ3n) is 4.37. The molecule has 0 aliphatic carbocycles. The average Bonchev–Trinajstić information content (AvgIpc) is 2.67. The molecule has 0 fully saturated rings. The molecule has 2 rings (SSSR count). The summed E-state index contributed by atoms with van der Waals surface area (Å²) in [6, 6.07) is 12.0. The van der Waals surface area contributed by atoms with E-state index in [2.05, 4.69) is 10.6 Å². The number of likely N-dealkylation sites (N-methyl/N-ethyl adjacent to an activating group) is 1. The molecule has 0 aromatic heterocycles. The van der Waals surface area contributed by atoms with E-state index in [1.807, 2.05) is 26.0 Å². The molecule has 0 heterocycles. The number of nitrogens with zero attached hydrogens (tertiary/aromatic N) is 1. The van der Waals surface area contributed by atoms with Gasteiger partial charge in [0.25, 0.3) is 0 Å². The molecule has 2 aromatic carbocycles. The third-order valence-corrected chi connectivity index (χ3v) is 4.93. The lowest BCUT2D eigenvalue weighted by molar-refractivity contribution is -0.123. The number of halogens is 2. The number of carbonyl (C=O) groups excluding carboxylic acids is 2. The molecule has 29 heavy (non-hydrogen) atoms. The van der Waals surface area contributed by atoms with Gasteiger partial charge in [0.05, 0.1) is 31.9 Å². The van der Waals surface area contributed by atoms with Crippen molar-refractivity contribution in [1.29, 1.82) is 0 Å². The molecular formula is C21H25Cl2N3O3. The fourth-order valence-electron chi connectivity index (χ4n) is 2.84. The quantitative estimate of drug-likeness (QED) is 0.618. The highest BCUT2D eigenvalue weighted by Gasteiger charge is 2.17. The summed E-state index contributed by atoms with van der Waals surface area (Å²) in [5, 5.41) is 6.75. The van der Waals surface area contributed by atoms with Gasteiger partial charge in [0, 0.05) is 10.0 Å². The summed E-state index contributed by atoms with van der Waals surface area (Å²) in [5.41, 5.74) is 1.37. The standard InChI is InChI=1S/C21H25Cl2N3O3/c1-4-26(13-21(28)25-18-7-5-6-8-19(18)29-3)12-20(27)24-14(2)16-10-9-15(22)11-17(16)23/h5-11,14H,4,12-13H2,1-3H3,(H,24,27)(H,25,28). The van der Waals surface area contributed by atoms with Gasteiger partial charge in [-0.1, -0.05) is 48.3 Å². The SMILES string of the molecule is CCN(CC(=O)Nc1ccccc1OC)CC(=O)NC(C)c1ccc(Cl)cc1Cl. The fraction of sp³-hybridized carbons (Fsp3) is 0.333. The minimum Gasteiger partial charge on any atom is -0.495 e. The molecule has 0 spiro atoms. The van der Waals surface area contributed by atoms with Gasteiger partial charge < -0.3 is 15.4 Å². The van der Waals surface area contributed by atoms with E-state index >= 15 is 0 Å². The number of nitrogens with one attached hydrogen (secondary N) is 2. The summed E-state index contributed by atoms with van der Waals surface area (Å²) in [5.74, 6) is 0.156. The van der Waals surface area contributed by atoms with Crippen LogP contribution in [-0.2, 0) is 9.59 Å². The summed E-state index contributed by atoms with van der Waals surface area (Å²) in [6.07, 6.45) is 0. The van der Waals surface area contributed by atoms with Crippen molar-refractivity contribution in [2.45, 2.75) is 19.9 Å². The first kappa shape index (κ1) is 23.0. The molecular weight excluding hydrogens is 413 g/mol. The highest BCUT2D eigenvalue weighted by Crippen LogP contribution is 2.26. The van der Waals surface area contributed by atoms with E-state index in [4.69, 9.17) is 27.9 Å². The topological polar surface area (TPSA) is 70.7 Å². The van der Waals surface area contributed by atoms with Gasteiger partial charge in [0.2, 0.25) is 11.8 Å². The van der Waals surface area contributed by atoms with Crippen molar-refractivity contribution < 1.29 is 14.3 Å². The first-order valence-electron chi connectivity index (χ1n) is 9.23. The van der Waals surface area contributed by atoms with E-state index in [-0.39, 0.29) is 30.9 Å². The maximum absolute atomic E-state index is 12.4. The molecule has 2 amide bonds. The zero-order valence-corrected chi connectivity index (χ0v) is 18.2. The van der Waals surface area contributed by atoms with Crippen LogP contribution < -0.4 is 15.4 Å². The molecule has 0 bridgehead atoms. The number of ether oxygens (including phenoxy) is 1. The van der Waals surface area contributed by atoms with Crippen molar-refractivity contribution in [3.63, 3.8) is 0 Å². The Kier molecular flexibility index (Phi) is 8.76. The van der Waals surface area contributed by atoms with Gasteiger partial charge in [-0.25, -0.2) is 0 Å². The Labute approximate surface area is 181 Å². The smallest absolute Gasteiger partial charge is 0.238 e. The number of methoxy groups -OCH3 is 1. The summed E-state index contributed by atoms with van der Waals surface area (Å²) in [4.78, 5) is 26.6. The van der Waals surface area contributed by atoms with Crippen LogP contribution in [0.3, 0.4) is 0 Å². The van der Waals surface area contributed by atoms with E-state index in [0.29, 0.717) is 28.0 Å². The molecule has 156 valence electrons.